The molecule has 2 aliphatic rings. The summed E-state index contributed by atoms with van der Waals surface area (Å²) in [7, 11) is -4.22. The van der Waals surface area contributed by atoms with E-state index < -0.39 is 26.8 Å². The van der Waals surface area contributed by atoms with Crippen LogP contribution < -0.4 is 4.72 Å². The largest absolute Gasteiger partial charge is 0.378 e. The van der Waals surface area contributed by atoms with E-state index in [1.54, 1.807) is 9.80 Å². The highest BCUT2D eigenvalue weighted by atomic mass is 32.2. The lowest BCUT2D eigenvalue weighted by Gasteiger charge is -2.37. The number of piperidine rings is 1. The van der Waals surface area contributed by atoms with Crippen LogP contribution in [0.5, 0.6) is 0 Å². The second-order valence-corrected chi connectivity index (χ2v) is 10.6. The Morgan fingerprint density at radius 1 is 1.22 bits per heavy atom. The summed E-state index contributed by atoms with van der Waals surface area (Å²) < 4.78 is 47.4. The number of nitrogens with zero attached hydrogens (tertiary/aromatic N) is 2. The zero-order valence-corrected chi connectivity index (χ0v) is 19.8. The van der Waals surface area contributed by atoms with Crippen LogP contribution in [-0.2, 0) is 24.3 Å². The predicted octanol–water partition coefficient (Wildman–Crippen LogP) is 1.32. The maximum atomic E-state index is 14.1. The van der Waals surface area contributed by atoms with Gasteiger partial charge in [-0.1, -0.05) is 12.1 Å². The maximum absolute atomic E-state index is 14.1. The number of carbonyl (C=O) groups excluding carboxylic acids is 2. The minimum absolute atomic E-state index is 0.0124. The highest BCUT2D eigenvalue weighted by Gasteiger charge is 2.35. The van der Waals surface area contributed by atoms with Crippen LogP contribution in [0.15, 0.2) is 29.2 Å². The van der Waals surface area contributed by atoms with Gasteiger partial charge in [0.25, 0.3) is 0 Å². The molecule has 0 aromatic heterocycles. The molecule has 2 saturated heterocycles. The number of nitrogens with one attached hydrogen (secondary N) is 1. The molecule has 0 radical (unpaired) electrons. The number of ether oxygens (including phenoxy) is 1. The molecular formula is C21H30FN3O5S2. The van der Waals surface area contributed by atoms with Crippen molar-refractivity contribution < 1.29 is 27.1 Å². The molecule has 11 heteroatoms. The zero-order valence-electron chi connectivity index (χ0n) is 18.2. The fourth-order valence-electron chi connectivity index (χ4n) is 4.02. The van der Waals surface area contributed by atoms with Gasteiger partial charge in [0.15, 0.2) is 0 Å². The minimum Gasteiger partial charge on any atom is -0.378 e. The maximum Gasteiger partial charge on any atom is 0.244 e. The molecule has 2 atom stereocenters. The summed E-state index contributed by atoms with van der Waals surface area (Å²) in [5.41, 5.74) is 0. The summed E-state index contributed by atoms with van der Waals surface area (Å²) in [5.74, 6) is -0.989. The van der Waals surface area contributed by atoms with Gasteiger partial charge in [-0.2, -0.15) is 16.5 Å². The SMILES string of the molecule is CSCCC(NS(=O)(=O)c1ccccc1F)C(=O)N1CCCC(C(=O)N2CCOCC2)C1. The summed E-state index contributed by atoms with van der Waals surface area (Å²) in [6.07, 6.45) is 3.50. The summed E-state index contributed by atoms with van der Waals surface area (Å²) in [6, 6.07) is 4.06. The van der Waals surface area contributed by atoms with E-state index in [1.165, 1.54) is 30.0 Å². The van der Waals surface area contributed by atoms with Crippen molar-refractivity contribution in [3.8, 4) is 0 Å². The van der Waals surface area contributed by atoms with Crippen molar-refractivity contribution in [2.75, 3.05) is 51.4 Å². The standard InChI is InChI=1S/C21H30FN3O5S2/c1-31-14-8-18(23-32(28,29)19-7-3-2-6-17(19)22)21(27)25-9-4-5-16(15-25)20(26)24-10-12-30-13-11-24/h2-3,6-7,16,18,23H,4-5,8-15H2,1H3. The van der Waals surface area contributed by atoms with Gasteiger partial charge in [-0.3, -0.25) is 9.59 Å². The molecule has 0 aliphatic carbocycles. The Bertz CT molecular complexity index is 908. The first-order valence-electron chi connectivity index (χ1n) is 10.7. The number of rotatable bonds is 8. The minimum atomic E-state index is -4.22. The normalized spacial score (nSPS) is 20.8. The summed E-state index contributed by atoms with van der Waals surface area (Å²) in [6.45, 7) is 2.82. The number of sulfonamides is 1. The van der Waals surface area contributed by atoms with Crippen LogP contribution in [0, 0.1) is 11.7 Å². The number of carbonyl (C=O) groups is 2. The first-order valence-corrected chi connectivity index (χ1v) is 13.6. The van der Waals surface area contributed by atoms with Gasteiger partial charge in [-0.15, -0.1) is 0 Å². The second kappa shape index (κ2) is 11.4. The molecular weight excluding hydrogens is 457 g/mol. The molecule has 2 aliphatic heterocycles. The Morgan fingerprint density at radius 2 is 1.94 bits per heavy atom. The molecule has 32 heavy (non-hydrogen) atoms. The molecule has 1 aromatic carbocycles. The van der Waals surface area contributed by atoms with Gasteiger partial charge in [0.2, 0.25) is 21.8 Å². The molecule has 0 spiro atoms. The van der Waals surface area contributed by atoms with Gasteiger partial charge in [-0.25, -0.2) is 12.8 Å². The van der Waals surface area contributed by atoms with Gasteiger partial charge in [-0.05, 0) is 43.4 Å². The molecule has 2 fully saturated rings. The van der Waals surface area contributed by atoms with Crippen molar-refractivity contribution in [2.45, 2.75) is 30.2 Å². The number of likely N-dealkylation sites (tertiary alicyclic amines) is 1. The lowest BCUT2D eigenvalue weighted by molar-refractivity contribution is -0.144. The van der Waals surface area contributed by atoms with E-state index in [0.29, 0.717) is 51.4 Å². The van der Waals surface area contributed by atoms with Crippen LogP contribution in [-0.4, -0.2) is 87.5 Å². The molecule has 1 N–H and O–H groups in total. The highest BCUT2D eigenvalue weighted by Crippen LogP contribution is 2.22. The molecule has 2 amide bonds. The van der Waals surface area contributed by atoms with E-state index >= 15 is 0 Å². The third-order valence-electron chi connectivity index (χ3n) is 5.74. The van der Waals surface area contributed by atoms with Crippen molar-refractivity contribution in [3.05, 3.63) is 30.1 Å². The number of morpholine rings is 1. The number of hydrogen-bond donors (Lipinski definition) is 1. The first kappa shape index (κ1) is 24.9. The zero-order chi connectivity index (χ0) is 23.1. The van der Waals surface area contributed by atoms with Gasteiger partial charge in [0, 0.05) is 26.2 Å². The predicted molar refractivity (Wildman–Crippen MR) is 120 cm³/mol. The Labute approximate surface area is 192 Å². The van der Waals surface area contributed by atoms with E-state index in [-0.39, 0.29) is 30.7 Å². The fraction of sp³-hybridized carbons (Fsp3) is 0.619. The summed E-state index contributed by atoms with van der Waals surface area (Å²) in [4.78, 5) is 29.0. The van der Waals surface area contributed by atoms with Crippen LogP contribution in [0.1, 0.15) is 19.3 Å². The van der Waals surface area contributed by atoms with Crippen molar-refractivity contribution in [1.29, 1.82) is 0 Å². The smallest absolute Gasteiger partial charge is 0.244 e. The van der Waals surface area contributed by atoms with Crippen LogP contribution in [0.25, 0.3) is 0 Å². The number of benzene rings is 1. The third kappa shape index (κ3) is 6.21. The molecule has 1 aromatic rings. The van der Waals surface area contributed by atoms with Crippen molar-refractivity contribution in [1.82, 2.24) is 14.5 Å². The van der Waals surface area contributed by atoms with Crippen LogP contribution in [0.4, 0.5) is 4.39 Å². The van der Waals surface area contributed by atoms with Crippen molar-refractivity contribution >= 4 is 33.6 Å². The Kier molecular flexibility index (Phi) is 8.92. The average molecular weight is 488 g/mol. The molecule has 0 saturated carbocycles. The Balaban J connectivity index is 1.72. The quantitative estimate of drug-likeness (QED) is 0.594. The number of amides is 2. The molecule has 2 heterocycles. The number of thioether (sulfide) groups is 1. The average Bonchev–Trinajstić information content (AvgIpc) is 2.81. The summed E-state index contributed by atoms with van der Waals surface area (Å²) in [5, 5.41) is 0. The van der Waals surface area contributed by atoms with E-state index in [9.17, 15) is 22.4 Å². The van der Waals surface area contributed by atoms with Gasteiger partial charge < -0.3 is 14.5 Å². The lowest BCUT2D eigenvalue weighted by atomic mass is 9.95. The molecule has 2 unspecified atom stereocenters. The van der Waals surface area contributed by atoms with Crippen LogP contribution in [0.3, 0.4) is 0 Å². The van der Waals surface area contributed by atoms with Gasteiger partial charge in [0.1, 0.15) is 16.8 Å². The van der Waals surface area contributed by atoms with Crippen LogP contribution >= 0.6 is 11.8 Å². The number of halogens is 1. The van der Waals surface area contributed by atoms with E-state index in [0.717, 1.165) is 6.07 Å². The molecule has 3 rings (SSSR count). The first-order chi connectivity index (χ1) is 15.3. The summed E-state index contributed by atoms with van der Waals surface area (Å²) >= 11 is 1.49. The van der Waals surface area contributed by atoms with Crippen molar-refractivity contribution in [3.63, 3.8) is 0 Å². The molecule has 8 nitrogen and oxygen atoms in total. The third-order valence-corrected chi connectivity index (χ3v) is 7.89. The topological polar surface area (TPSA) is 96.0 Å². The van der Waals surface area contributed by atoms with E-state index in [4.69, 9.17) is 4.74 Å². The molecule has 178 valence electrons. The van der Waals surface area contributed by atoms with E-state index in [1.807, 2.05) is 6.26 Å². The van der Waals surface area contributed by atoms with Gasteiger partial charge >= 0.3 is 0 Å². The Hall–Kier alpha value is -1.69. The highest BCUT2D eigenvalue weighted by molar-refractivity contribution is 7.98. The molecule has 0 bridgehead atoms. The monoisotopic (exact) mass is 487 g/mol. The van der Waals surface area contributed by atoms with Crippen LogP contribution in [0.2, 0.25) is 0 Å². The number of hydrogen-bond acceptors (Lipinski definition) is 6. The van der Waals surface area contributed by atoms with Crippen molar-refractivity contribution in [2.24, 2.45) is 5.92 Å². The lowest BCUT2D eigenvalue weighted by Crippen LogP contribution is -2.54. The van der Waals surface area contributed by atoms with E-state index in [2.05, 4.69) is 4.72 Å². The van der Waals surface area contributed by atoms with Gasteiger partial charge in [0.05, 0.1) is 19.1 Å². The Morgan fingerprint density at radius 3 is 2.62 bits per heavy atom. The second-order valence-electron chi connectivity index (χ2n) is 7.95. The fourth-order valence-corrected chi connectivity index (χ4v) is 5.80.